The smallest absolute Gasteiger partial charge is 0.0176 e. The van der Waals surface area contributed by atoms with Crippen LogP contribution in [0.1, 0.15) is 25.0 Å². The van der Waals surface area contributed by atoms with E-state index >= 15 is 0 Å². The molecule has 2 heteroatoms. The minimum absolute atomic E-state index is 0.569. The van der Waals surface area contributed by atoms with Crippen molar-refractivity contribution in [2.24, 2.45) is 5.73 Å². The average Bonchev–Trinajstić information content (AvgIpc) is 2.38. The molecule has 0 spiro atoms. The lowest BCUT2D eigenvalue weighted by atomic mass is 10.1. The third-order valence-electron chi connectivity index (χ3n) is 1.75. The predicted molar refractivity (Wildman–Crippen MR) is 42.9 cm³/mol. The second-order valence-corrected chi connectivity index (χ2v) is 2.60. The van der Waals surface area contributed by atoms with Crippen molar-refractivity contribution in [2.75, 3.05) is 6.54 Å². The van der Waals surface area contributed by atoms with Crippen molar-refractivity contribution in [3.8, 4) is 0 Å². The zero-order chi connectivity index (χ0) is 7.40. The standard InChI is InChI=1S/C8H14N2/c1-7(4-5-9)8-3-2-6-10-8/h2-3,6-7,10H,4-5,9H2,1H3. The molecular weight excluding hydrogens is 124 g/mol. The molecule has 0 aromatic carbocycles. The fourth-order valence-corrected chi connectivity index (χ4v) is 1.06. The molecule has 0 fully saturated rings. The second kappa shape index (κ2) is 3.42. The summed E-state index contributed by atoms with van der Waals surface area (Å²) in [6, 6.07) is 4.11. The fourth-order valence-electron chi connectivity index (χ4n) is 1.06. The maximum Gasteiger partial charge on any atom is 0.0176 e. The summed E-state index contributed by atoms with van der Waals surface area (Å²) >= 11 is 0. The lowest BCUT2D eigenvalue weighted by Crippen LogP contribution is -2.04. The lowest BCUT2D eigenvalue weighted by Gasteiger charge is -2.05. The van der Waals surface area contributed by atoms with Gasteiger partial charge >= 0.3 is 0 Å². The molecule has 1 unspecified atom stereocenters. The van der Waals surface area contributed by atoms with E-state index in [1.54, 1.807) is 0 Å². The normalized spacial score (nSPS) is 13.4. The maximum absolute atomic E-state index is 5.42. The Hall–Kier alpha value is -0.760. The first-order valence-electron chi connectivity index (χ1n) is 3.68. The van der Waals surface area contributed by atoms with E-state index in [0.717, 1.165) is 13.0 Å². The zero-order valence-corrected chi connectivity index (χ0v) is 6.30. The van der Waals surface area contributed by atoms with Crippen LogP contribution in [-0.2, 0) is 0 Å². The summed E-state index contributed by atoms with van der Waals surface area (Å²) < 4.78 is 0. The number of nitrogens with two attached hydrogens (primary N) is 1. The average molecular weight is 138 g/mol. The highest BCUT2D eigenvalue weighted by atomic mass is 14.7. The number of hydrogen-bond donors (Lipinski definition) is 2. The van der Waals surface area contributed by atoms with Gasteiger partial charge in [0.1, 0.15) is 0 Å². The van der Waals surface area contributed by atoms with Crippen LogP contribution in [0.15, 0.2) is 18.3 Å². The molecule has 0 aliphatic carbocycles. The molecule has 0 bridgehead atoms. The summed E-state index contributed by atoms with van der Waals surface area (Å²) in [6.07, 6.45) is 3.00. The van der Waals surface area contributed by atoms with Gasteiger partial charge in [0, 0.05) is 11.9 Å². The van der Waals surface area contributed by atoms with E-state index in [4.69, 9.17) is 5.73 Å². The molecule has 0 amide bonds. The monoisotopic (exact) mass is 138 g/mol. The molecule has 10 heavy (non-hydrogen) atoms. The Labute approximate surface area is 61.4 Å². The Bertz CT molecular complexity index is 167. The number of nitrogens with one attached hydrogen (secondary N) is 1. The van der Waals surface area contributed by atoms with Gasteiger partial charge in [-0.3, -0.25) is 0 Å². The molecule has 0 saturated carbocycles. The Morgan fingerprint density at radius 1 is 1.70 bits per heavy atom. The molecule has 0 radical (unpaired) electrons. The quantitative estimate of drug-likeness (QED) is 0.652. The van der Waals surface area contributed by atoms with Crippen LogP contribution in [0.2, 0.25) is 0 Å². The highest BCUT2D eigenvalue weighted by Gasteiger charge is 2.02. The third-order valence-corrected chi connectivity index (χ3v) is 1.75. The van der Waals surface area contributed by atoms with Gasteiger partial charge in [-0.1, -0.05) is 6.92 Å². The molecule has 1 heterocycles. The fraction of sp³-hybridized carbons (Fsp3) is 0.500. The Balaban J connectivity index is 2.50. The molecular formula is C8H14N2. The largest absolute Gasteiger partial charge is 0.365 e. The molecule has 56 valence electrons. The Morgan fingerprint density at radius 2 is 2.50 bits per heavy atom. The molecule has 1 aromatic heterocycles. The van der Waals surface area contributed by atoms with Crippen LogP contribution in [0.5, 0.6) is 0 Å². The minimum atomic E-state index is 0.569. The van der Waals surface area contributed by atoms with E-state index in [1.165, 1.54) is 5.69 Å². The molecule has 1 rings (SSSR count). The number of aromatic amines is 1. The maximum atomic E-state index is 5.42. The van der Waals surface area contributed by atoms with Gasteiger partial charge in [0.05, 0.1) is 0 Å². The molecule has 0 aliphatic heterocycles. The van der Waals surface area contributed by atoms with E-state index in [2.05, 4.69) is 18.0 Å². The SMILES string of the molecule is CC(CCN)c1ccc[nH]1. The first kappa shape index (κ1) is 7.35. The van der Waals surface area contributed by atoms with E-state index in [1.807, 2.05) is 12.3 Å². The molecule has 0 saturated heterocycles. The van der Waals surface area contributed by atoms with Crippen molar-refractivity contribution < 1.29 is 0 Å². The van der Waals surface area contributed by atoms with Crippen LogP contribution in [-0.4, -0.2) is 11.5 Å². The van der Waals surface area contributed by atoms with E-state index < -0.39 is 0 Å². The molecule has 1 aromatic rings. The third kappa shape index (κ3) is 1.61. The van der Waals surface area contributed by atoms with Crippen LogP contribution < -0.4 is 5.73 Å². The van der Waals surface area contributed by atoms with Crippen LogP contribution in [0.4, 0.5) is 0 Å². The summed E-state index contributed by atoms with van der Waals surface area (Å²) in [5, 5.41) is 0. The highest BCUT2D eigenvalue weighted by Crippen LogP contribution is 2.14. The molecule has 3 N–H and O–H groups in total. The van der Waals surface area contributed by atoms with Crippen molar-refractivity contribution >= 4 is 0 Å². The van der Waals surface area contributed by atoms with Crippen molar-refractivity contribution in [1.29, 1.82) is 0 Å². The van der Waals surface area contributed by atoms with E-state index in [-0.39, 0.29) is 0 Å². The zero-order valence-electron chi connectivity index (χ0n) is 6.30. The van der Waals surface area contributed by atoms with Crippen molar-refractivity contribution in [3.63, 3.8) is 0 Å². The van der Waals surface area contributed by atoms with Gasteiger partial charge in [0.2, 0.25) is 0 Å². The van der Waals surface area contributed by atoms with Crippen LogP contribution in [0, 0.1) is 0 Å². The van der Waals surface area contributed by atoms with E-state index in [0.29, 0.717) is 5.92 Å². The van der Waals surface area contributed by atoms with Crippen LogP contribution >= 0.6 is 0 Å². The lowest BCUT2D eigenvalue weighted by molar-refractivity contribution is 0.674. The van der Waals surface area contributed by atoms with Crippen molar-refractivity contribution in [2.45, 2.75) is 19.3 Å². The highest BCUT2D eigenvalue weighted by molar-refractivity contribution is 5.08. The molecule has 0 aliphatic rings. The van der Waals surface area contributed by atoms with Crippen LogP contribution in [0.25, 0.3) is 0 Å². The van der Waals surface area contributed by atoms with Crippen molar-refractivity contribution in [3.05, 3.63) is 24.0 Å². The van der Waals surface area contributed by atoms with Crippen LogP contribution in [0.3, 0.4) is 0 Å². The topological polar surface area (TPSA) is 41.8 Å². The number of hydrogen-bond acceptors (Lipinski definition) is 1. The number of rotatable bonds is 3. The molecule has 2 nitrogen and oxygen atoms in total. The van der Waals surface area contributed by atoms with E-state index in [9.17, 15) is 0 Å². The van der Waals surface area contributed by atoms with Gasteiger partial charge in [-0.05, 0) is 31.0 Å². The summed E-state index contributed by atoms with van der Waals surface area (Å²) in [4.78, 5) is 3.17. The predicted octanol–water partition coefficient (Wildman–Crippen LogP) is 1.47. The summed E-state index contributed by atoms with van der Waals surface area (Å²) in [6.45, 7) is 2.94. The summed E-state index contributed by atoms with van der Waals surface area (Å²) in [5.41, 5.74) is 6.70. The minimum Gasteiger partial charge on any atom is -0.365 e. The summed E-state index contributed by atoms with van der Waals surface area (Å²) in [5.74, 6) is 0.569. The Morgan fingerprint density at radius 3 is 3.00 bits per heavy atom. The van der Waals surface area contributed by atoms with Gasteiger partial charge in [-0.25, -0.2) is 0 Å². The molecule has 1 atom stereocenters. The summed E-state index contributed by atoms with van der Waals surface area (Å²) in [7, 11) is 0. The Kier molecular flexibility index (Phi) is 2.51. The first-order chi connectivity index (χ1) is 4.84. The van der Waals surface area contributed by atoms with Crippen molar-refractivity contribution in [1.82, 2.24) is 4.98 Å². The van der Waals surface area contributed by atoms with Gasteiger partial charge < -0.3 is 10.7 Å². The second-order valence-electron chi connectivity index (χ2n) is 2.60. The van der Waals surface area contributed by atoms with Gasteiger partial charge in [-0.15, -0.1) is 0 Å². The van der Waals surface area contributed by atoms with Gasteiger partial charge in [0.15, 0.2) is 0 Å². The number of H-pyrrole nitrogens is 1. The van der Waals surface area contributed by atoms with Gasteiger partial charge in [-0.2, -0.15) is 0 Å². The van der Waals surface area contributed by atoms with Gasteiger partial charge in [0.25, 0.3) is 0 Å². The first-order valence-corrected chi connectivity index (χ1v) is 3.68. The number of aromatic nitrogens is 1.